The Bertz CT molecular complexity index is 1790. The molecule has 4 aromatic carbocycles. The van der Waals surface area contributed by atoms with Gasteiger partial charge in [-0.25, -0.2) is 19.8 Å². The van der Waals surface area contributed by atoms with E-state index in [4.69, 9.17) is 9.47 Å². The number of aromatic hydroxyl groups is 1. The third-order valence-corrected chi connectivity index (χ3v) is 6.04. The Morgan fingerprint density at radius 2 is 1.52 bits per heavy atom. The van der Waals surface area contributed by atoms with Gasteiger partial charge in [-0.1, -0.05) is 48.5 Å². The highest BCUT2D eigenvalue weighted by Gasteiger charge is 2.30. The summed E-state index contributed by atoms with van der Waals surface area (Å²) in [6, 6.07) is 17.7. The molecule has 0 aliphatic carbocycles. The van der Waals surface area contributed by atoms with E-state index in [1.807, 2.05) is 0 Å². The van der Waals surface area contributed by atoms with Gasteiger partial charge in [-0.2, -0.15) is 5.01 Å². The molecule has 16 heteroatoms. The molecule has 0 atom stereocenters. The molecule has 238 valence electrons. The number of rotatable bonds is 7. The lowest BCUT2D eigenvalue weighted by molar-refractivity contribution is -0.394. The fourth-order valence-corrected chi connectivity index (χ4v) is 4.19. The number of amides is 4. The van der Waals surface area contributed by atoms with Gasteiger partial charge in [0.05, 0.1) is 27.3 Å². The van der Waals surface area contributed by atoms with Gasteiger partial charge in [0.25, 0.3) is 11.4 Å². The minimum Gasteiger partial charge on any atom is -0.506 e. The van der Waals surface area contributed by atoms with E-state index in [9.17, 15) is 39.7 Å². The Morgan fingerprint density at radius 3 is 2.13 bits per heavy atom. The number of non-ortho nitro benzene ring substituents is 2. The quantitative estimate of drug-likeness (QED) is 0.127. The summed E-state index contributed by atoms with van der Waals surface area (Å²) < 4.78 is 10.7. The first-order chi connectivity index (χ1) is 21.7. The number of phenols is 1. The molecule has 0 heterocycles. The van der Waals surface area contributed by atoms with Crippen LogP contribution in [0.1, 0.15) is 26.3 Å². The van der Waals surface area contributed by atoms with Gasteiger partial charge in [-0.05, 0) is 43.9 Å². The van der Waals surface area contributed by atoms with Crippen LogP contribution in [0.2, 0.25) is 0 Å². The summed E-state index contributed by atoms with van der Waals surface area (Å²) in [6.45, 7) is 4.64. The highest BCUT2D eigenvalue weighted by molar-refractivity contribution is 6.14. The molecule has 0 aromatic heterocycles. The average molecular weight is 633 g/mol. The van der Waals surface area contributed by atoms with Crippen LogP contribution < -0.4 is 21.1 Å². The fourth-order valence-electron chi connectivity index (χ4n) is 4.19. The Hall–Kier alpha value is -6.45. The van der Waals surface area contributed by atoms with Crippen LogP contribution in [-0.4, -0.2) is 38.8 Å². The van der Waals surface area contributed by atoms with Gasteiger partial charge >= 0.3 is 18.2 Å². The molecule has 0 spiro atoms. The van der Waals surface area contributed by atoms with E-state index in [1.165, 1.54) is 18.2 Å². The van der Waals surface area contributed by atoms with Gasteiger partial charge in [-0.15, -0.1) is 0 Å². The van der Waals surface area contributed by atoms with E-state index in [0.717, 1.165) is 18.2 Å². The zero-order valence-corrected chi connectivity index (χ0v) is 24.7. The molecule has 0 unspecified atom stereocenters. The molecule has 4 rings (SSSR count). The maximum atomic E-state index is 13.4. The number of phenolic OH excluding ortho intramolecular Hbond substituents is 1. The molecule has 0 saturated heterocycles. The first-order valence-corrected chi connectivity index (χ1v) is 13.5. The largest absolute Gasteiger partial charge is 0.506 e. The van der Waals surface area contributed by atoms with Crippen LogP contribution in [0.25, 0.3) is 10.8 Å². The van der Waals surface area contributed by atoms with Crippen molar-refractivity contribution in [3.63, 3.8) is 0 Å². The van der Waals surface area contributed by atoms with Crippen LogP contribution in [-0.2, 0) is 16.1 Å². The normalized spacial score (nSPS) is 10.8. The number of benzene rings is 4. The van der Waals surface area contributed by atoms with Gasteiger partial charge in [0.1, 0.15) is 23.6 Å². The topological polar surface area (TPSA) is 216 Å². The van der Waals surface area contributed by atoms with Crippen molar-refractivity contribution in [1.82, 2.24) is 5.43 Å². The minimum absolute atomic E-state index is 0.00819. The number of nitrogens with zero attached hydrogens (tertiary/aromatic N) is 3. The molecule has 0 aliphatic heterocycles. The van der Waals surface area contributed by atoms with Crippen LogP contribution >= 0.6 is 0 Å². The fraction of sp³-hybridized carbons (Fsp3) is 0.167. The summed E-state index contributed by atoms with van der Waals surface area (Å²) in [4.78, 5) is 60.2. The number of nitro benzene ring substituents is 2. The molecule has 4 aromatic rings. The van der Waals surface area contributed by atoms with Crippen molar-refractivity contribution in [1.29, 1.82) is 0 Å². The molecule has 0 saturated carbocycles. The SMILES string of the molecule is CC(C)(C)OC(=O)N(NC(=O)OCc1ccccc1)c1c(O)ccc2cccc(NC(=O)Nc3cc([N+](=O)[O-])cc([N+](=O)[O-])c3)c12. The molecular weight excluding hydrogens is 604 g/mol. The summed E-state index contributed by atoms with van der Waals surface area (Å²) in [5.41, 5.74) is 0.149. The molecule has 0 radical (unpaired) electrons. The van der Waals surface area contributed by atoms with Crippen LogP contribution in [0.4, 0.5) is 42.8 Å². The summed E-state index contributed by atoms with van der Waals surface area (Å²) in [7, 11) is 0. The van der Waals surface area contributed by atoms with Crippen molar-refractivity contribution < 1.29 is 38.8 Å². The Morgan fingerprint density at radius 1 is 0.870 bits per heavy atom. The molecule has 4 amide bonds. The van der Waals surface area contributed by atoms with Crippen LogP contribution in [0.5, 0.6) is 5.75 Å². The van der Waals surface area contributed by atoms with Gasteiger partial charge in [0.15, 0.2) is 0 Å². The first-order valence-electron chi connectivity index (χ1n) is 13.5. The number of nitrogens with one attached hydrogen (secondary N) is 3. The number of fused-ring (bicyclic) bond motifs is 1. The van der Waals surface area contributed by atoms with E-state index in [2.05, 4.69) is 16.1 Å². The zero-order valence-electron chi connectivity index (χ0n) is 24.7. The summed E-state index contributed by atoms with van der Waals surface area (Å²) >= 11 is 0. The van der Waals surface area contributed by atoms with Crippen molar-refractivity contribution in [2.45, 2.75) is 33.0 Å². The number of ether oxygens (including phenoxy) is 2. The Labute approximate surface area is 260 Å². The maximum absolute atomic E-state index is 13.4. The van der Waals surface area contributed by atoms with E-state index in [0.29, 0.717) is 16.0 Å². The highest BCUT2D eigenvalue weighted by Crippen LogP contribution is 2.40. The number of hydrogen-bond donors (Lipinski definition) is 4. The monoisotopic (exact) mass is 632 g/mol. The third kappa shape index (κ3) is 8.13. The number of nitro groups is 2. The Balaban J connectivity index is 1.71. The van der Waals surface area contributed by atoms with Gasteiger partial charge in [0.2, 0.25) is 0 Å². The average Bonchev–Trinajstić information content (AvgIpc) is 2.98. The molecule has 0 fully saturated rings. The third-order valence-electron chi connectivity index (χ3n) is 6.04. The number of hydrazine groups is 1. The van der Waals surface area contributed by atoms with Crippen molar-refractivity contribution >= 4 is 57.4 Å². The van der Waals surface area contributed by atoms with Crippen LogP contribution in [0.3, 0.4) is 0 Å². The standard InChI is InChI=1S/C30H28N6O10/c1-30(2,3)46-29(40)34(33-28(39)45-17-18-8-5-4-6-9-18)26-24(37)13-12-19-10-7-11-23(25(19)26)32-27(38)31-20-14-21(35(41)42)16-22(15-20)36(43)44/h4-16,37H,17H2,1-3H3,(H,33,39)(H2,31,32,38). The van der Waals surface area contributed by atoms with Gasteiger partial charge < -0.3 is 25.2 Å². The zero-order chi connectivity index (χ0) is 33.6. The number of carbonyl (C=O) groups is 3. The van der Waals surface area contributed by atoms with E-state index < -0.39 is 50.8 Å². The summed E-state index contributed by atoms with van der Waals surface area (Å²) in [5.74, 6) is -0.495. The summed E-state index contributed by atoms with van der Waals surface area (Å²) in [5, 5.41) is 39.5. The smallest absolute Gasteiger partial charge is 0.434 e. The van der Waals surface area contributed by atoms with Crippen molar-refractivity contribution in [3.8, 4) is 5.75 Å². The lowest BCUT2D eigenvalue weighted by Crippen LogP contribution is -2.49. The highest BCUT2D eigenvalue weighted by atomic mass is 16.6. The van der Waals surface area contributed by atoms with Gasteiger partial charge in [-0.3, -0.25) is 20.2 Å². The van der Waals surface area contributed by atoms with Crippen molar-refractivity contribution in [3.05, 3.63) is 105 Å². The minimum atomic E-state index is -1.10. The van der Waals surface area contributed by atoms with E-state index in [-0.39, 0.29) is 29.1 Å². The lowest BCUT2D eigenvalue weighted by atomic mass is 10.1. The molecule has 0 aliphatic rings. The first kappa shape index (κ1) is 32.5. The summed E-state index contributed by atoms with van der Waals surface area (Å²) in [6.07, 6.45) is -2.17. The Kier molecular flexibility index (Phi) is 9.50. The molecular formula is C30H28N6O10. The number of carbonyl (C=O) groups excluding carboxylic acids is 3. The number of anilines is 3. The van der Waals surface area contributed by atoms with Crippen LogP contribution in [0.15, 0.2) is 78.9 Å². The maximum Gasteiger partial charge on any atom is 0.434 e. The number of hydrogen-bond acceptors (Lipinski definition) is 10. The lowest BCUT2D eigenvalue weighted by Gasteiger charge is -2.29. The second-order valence-electron chi connectivity index (χ2n) is 10.7. The molecule has 0 bridgehead atoms. The second-order valence-corrected chi connectivity index (χ2v) is 10.7. The number of urea groups is 1. The van der Waals surface area contributed by atoms with Crippen molar-refractivity contribution in [2.75, 3.05) is 15.6 Å². The predicted molar refractivity (Wildman–Crippen MR) is 166 cm³/mol. The predicted octanol–water partition coefficient (Wildman–Crippen LogP) is 6.59. The van der Waals surface area contributed by atoms with E-state index in [1.54, 1.807) is 63.2 Å². The molecule has 16 nitrogen and oxygen atoms in total. The van der Waals surface area contributed by atoms with E-state index >= 15 is 0 Å². The van der Waals surface area contributed by atoms with Crippen LogP contribution in [0, 0.1) is 20.2 Å². The second kappa shape index (κ2) is 13.5. The molecule has 46 heavy (non-hydrogen) atoms. The molecule has 4 N–H and O–H groups in total. The van der Waals surface area contributed by atoms with Gasteiger partial charge in [0, 0.05) is 17.5 Å². The van der Waals surface area contributed by atoms with Crippen molar-refractivity contribution in [2.24, 2.45) is 0 Å².